The van der Waals surface area contributed by atoms with Gasteiger partial charge in [0.25, 0.3) is 5.91 Å². The highest BCUT2D eigenvalue weighted by Gasteiger charge is 2.57. The highest BCUT2D eigenvalue weighted by Crippen LogP contribution is 2.61. The quantitative estimate of drug-likeness (QED) is 0.544. The van der Waals surface area contributed by atoms with Gasteiger partial charge in [0.05, 0.1) is 6.61 Å². The monoisotopic (exact) mass is 491 g/mol. The number of rotatable bonds is 6. The topological polar surface area (TPSA) is 121 Å². The Morgan fingerprint density at radius 2 is 1.97 bits per heavy atom. The fourth-order valence-electron chi connectivity index (χ4n) is 5.50. The lowest BCUT2D eigenvalue weighted by Gasteiger charge is -2.38. The largest absolute Gasteiger partial charge is 0.493 e. The van der Waals surface area contributed by atoms with Gasteiger partial charge >= 0.3 is 0 Å². The number of amides is 2. The van der Waals surface area contributed by atoms with Crippen LogP contribution in [0.1, 0.15) is 59.3 Å². The maximum Gasteiger partial charge on any atom is 0.270 e. The third kappa shape index (κ3) is 4.15. The molecule has 2 fully saturated rings. The maximum atomic E-state index is 13.8. The highest BCUT2D eigenvalue weighted by molar-refractivity contribution is 6.01. The number of aryl methyl sites for hydroxylation is 1. The molecule has 1 spiro atoms. The summed E-state index contributed by atoms with van der Waals surface area (Å²) >= 11 is 0. The van der Waals surface area contributed by atoms with Crippen molar-refractivity contribution in [3.8, 4) is 5.75 Å². The van der Waals surface area contributed by atoms with Gasteiger partial charge in [0.2, 0.25) is 5.91 Å². The molecule has 2 aromatic heterocycles. The Balaban J connectivity index is 1.31. The molecule has 1 saturated heterocycles. The minimum absolute atomic E-state index is 0.201. The molecule has 2 amide bonds. The molecular formula is C26H29N5O5. The molecule has 6 rings (SSSR count). The number of ether oxygens (including phenoxy) is 2. The molecule has 4 heterocycles. The van der Waals surface area contributed by atoms with E-state index in [0.717, 1.165) is 42.8 Å². The number of nitrogens with one attached hydrogen (secondary N) is 2. The Kier molecular flexibility index (Phi) is 5.75. The molecule has 36 heavy (non-hydrogen) atoms. The maximum absolute atomic E-state index is 13.8. The summed E-state index contributed by atoms with van der Waals surface area (Å²) in [6.07, 6.45) is 5.12. The van der Waals surface area contributed by atoms with Gasteiger partial charge in [-0.2, -0.15) is 5.10 Å². The number of carbonyl (C=O) groups excluding carboxylic acids is 2. The number of para-hydroxylation sites is 1. The number of hydrogen-bond donors (Lipinski definition) is 2. The van der Waals surface area contributed by atoms with E-state index < -0.39 is 6.04 Å². The summed E-state index contributed by atoms with van der Waals surface area (Å²) in [5, 5.41) is 14.1. The average Bonchev–Trinajstić information content (AvgIpc) is 3.28. The van der Waals surface area contributed by atoms with Crippen molar-refractivity contribution in [2.24, 2.45) is 12.5 Å². The number of benzene rings is 1. The van der Waals surface area contributed by atoms with Crippen molar-refractivity contribution in [2.75, 3.05) is 25.1 Å². The number of anilines is 1. The first-order valence-corrected chi connectivity index (χ1v) is 12.4. The molecule has 3 aliphatic rings. The van der Waals surface area contributed by atoms with Crippen LogP contribution in [0.2, 0.25) is 0 Å². The van der Waals surface area contributed by atoms with Crippen LogP contribution in [0, 0.1) is 5.41 Å². The lowest BCUT2D eigenvalue weighted by molar-refractivity contribution is -0.119. The smallest absolute Gasteiger partial charge is 0.270 e. The van der Waals surface area contributed by atoms with E-state index >= 15 is 0 Å². The fourth-order valence-corrected chi connectivity index (χ4v) is 5.50. The van der Waals surface area contributed by atoms with Gasteiger partial charge in [0, 0.05) is 55.3 Å². The van der Waals surface area contributed by atoms with Crippen LogP contribution in [0.3, 0.4) is 0 Å². The Morgan fingerprint density at radius 3 is 2.72 bits per heavy atom. The van der Waals surface area contributed by atoms with Gasteiger partial charge in [-0.1, -0.05) is 23.4 Å². The van der Waals surface area contributed by atoms with E-state index in [-0.39, 0.29) is 29.1 Å². The molecule has 2 N–H and O–H groups in total. The predicted molar refractivity (Wildman–Crippen MR) is 129 cm³/mol. The molecular weight excluding hydrogens is 462 g/mol. The van der Waals surface area contributed by atoms with E-state index in [0.29, 0.717) is 31.3 Å². The fraction of sp³-hybridized carbons (Fsp3) is 0.462. The number of nitrogens with zero attached hydrogens (tertiary/aromatic N) is 3. The molecule has 1 aromatic carbocycles. The van der Waals surface area contributed by atoms with Crippen molar-refractivity contribution < 1.29 is 23.6 Å². The third-order valence-corrected chi connectivity index (χ3v) is 7.68. The summed E-state index contributed by atoms with van der Waals surface area (Å²) in [7, 11) is 1.70. The first-order chi connectivity index (χ1) is 17.5. The zero-order chi connectivity index (χ0) is 24.7. The van der Waals surface area contributed by atoms with E-state index in [9.17, 15) is 9.59 Å². The summed E-state index contributed by atoms with van der Waals surface area (Å²) in [6.45, 7) is 1.87. The predicted octanol–water partition coefficient (Wildman–Crippen LogP) is 3.00. The lowest BCUT2D eigenvalue weighted by atomic mass is 9.76. The van der Waals surface area contributed by atoms with Gasteiger partial charge in [0.15, 0.2) is 5.82 Å². The second-order valence-corrected chi connectivity index (χ2v) is 9.95. The van der Waals surface area contributed by atoms with Crippen LogP contribution >= 0.6 is 0 Å². The van der Waals surface area contributed by atoms with E-state index in [2.05, 4.69) is 20.9 Å². The van der Waals surface area contributed by atoms with Gasteiger partial charge in [-0.15, -0.1) is 0 Å². The van der Waals surface area contributed by atoms with Gasteiger partial charge in [-0.05, 0) is 37.8 Å². The molecule has 1 saturated carbocycles. The standard InChI is InChI=1S/C26H29N5O5/c1-31-18(6-11-27-31)24(32)29-23(22-17-4-2-3-5-19(17)35-15-26(22)9-10-26)25(33)28-21-14-20(36-30-21)16-7-12-34-13-8-16/h2-6,11,14,16,22-23H,7-10,12-13,15H2,1H3,(H,29,32)(H,28,30,33)/t22?,23-/m0/s1. The summed E-state index contributed by atoms with van der Waals surface area (Å²) < 4.78 is 18.5. The van der Waals surface area contributed by atoms with Crippen molar-refractivity contribution >= 4 is 17.6 Å². The molecule has 10 heteroatoms. The van der Waals surface area contributed by atoms with Crippen LogP contribution in [0.15, 0.2) is 47.1 Å². The van der Waals surface area contributed by atoms with Crippen LogP contribution in [-0.2, 0) is 16.6 Å². The first-order valence-electron chi connectivity index (χ1n) is 12.4. The molecule has 1 unspecified atom stereocenters. The molecule has 2 aliphatic heterocycles. The summed E-state index contributed by atoms with van der Waals surface area (Å²) in [5.41, 5.74) is 1.10. The molecule has 2 atom stereocenters. The van der Waals surface area contributed by atoms with Crippen molar-refractivity contribution in [1.82, 2.24) is 20.3 Å². The Bertz CT molecular complexity index is 1270. The lowest BCUT2D eigenvalue weighted by Crippen LogP contribution is -2.52. The van der Waals surface area contributed by atoms with Crippen molar-refractivity contribution in [3.05, 3.63) is 59.6 Å². The van der Waals surface area contributed by atoms with Crippen molar-refractivity contribution in [2.45, 2.75) is 43.6 Å². The zero-order valence-electron chi connectivity index (χ0n) is 20.1. The zero-order valence-corrected chi connectivity index (χ0v) is 20.1. The SMILES string of the molecule is Cn1nccc1C(=O)N[C@H](C(=O)Nc1cc(C2CCOCC2)on1)C1c2ccccc2OCC12CC2. The Hall–Kier alpha value is -3.66. The second-order valence-electron chi connectivity index (χ2n) is 9.95. The molecule has 188 valence electrons. The van der Waals surface area contributed by atoms with Crippen LogP contribution in [0.25, 0.3) is 0 Å². The molecule has 3 aromatic rings. The number of carbonyl (C=O) groups is 2. The van der Waals surface area contributed by atoms with E-state index in [1.165, 1.54) is 4.68 Å². The number of hydrogen-bond acceptors (Lipinski definition) is 7. The Morgan fingerprint density at radius 1 is 1.17 bits per heavy atom. The second kappa shape index (κ2) is 9.09. The summed E-state index contributed by atoms with van der Waals surface area (Å²) in [4.78, 5) is 27.1. The molecule has 1 aliphatic carbocycles. The van der Waals surface area contributed by atoms with Crippen molar-refractivity contribution in [3.63, 3.8) is 0 Å². The van der Waals surface area contributed by atoms with Crippen LogP contribution < -0.4 is 15.4 Å². The highest BCUT2D eigenvalue weighted by atomic mass is 16.5. The van der Waals surface area contributed by atoms with Crippen molar-refractivity contribution in [1.29, 1.82) is 0 Å². The van der Waals surface area contributed by atoms with Crippen LogP contribution in [-0.4, -0.2) is 52.6 Å². The Labute approximate surface area is 208 Å². The van der Waals surface area contributed by atoms with Gasteiger partial charge in [-0.25, -0.2) is 0 Å². The molecule has 0 bridgehead atoms. The van der Waals surface area contributed by atoms with Gasteiger partial charge in [0.1, 0.15) is 23.2 Å². The van der Waals surface area contributed by atoms with Gasteiger partial charge < -0.3 is 24.6 Å². The van der Waals surface area contributed by atoms with Crippen LogP contribution in [0.4, 0.5) is 5.82 Å². The van der Waals surface area contributed by atoms with Crippen LogP contribution in [0.5, 0.6) is 5.75 Å². The number of aromatic nitrogens is 3. The number of fused-ring (bicyclic) bond motifs is 1. The van der Waals surface area contributed by atoms with E-state index in [4.69, 9.17) is 14.0 Å². The molecule has 0 radical (unpaired) electrons. The minimum atomic E-state index is -0.844. The van der Waals surface area contributed by atoms with Gasteiger partial charge in [-0.3, -0.25) is 14.3 Å². The minimum Gasteiger partial charge on any atom is -0.493 e. The third-order valence-electron chi connectivity index (χ3n) is 7.68. The summed E-state index contributed by atoms with van der Waals surface area (Å²) in [5.74, 6) is 1.08. The van der Waals surface area contributed by atoms with E-state index in [1.807, 2.05) is 24.3 Å². The normalized spacial score (nSPS) is 21.3. The average molecular weight is 492 g/mol. The first kappa shape index (κ1) is 22.8. The molecule has 10 nitrogen and oxygen atoms in total. The summed E-state index contributed by atoms with van der Waals surface area (Å²) in [6, 6.07) is 10.3. The van der Waals surface area contributed by atoms with E-state index in [1.54, 1.807) is 25.4 Å².